The Balaban J connectivity index is 2.29. The molecule has 1 heterocycles. The normalized spacial score (nSPS) is 23.1. The zero-order valence-corrected chi connectivity index (χ0v) is 14.5. The Kier molecular flexibility index (Phi) is 5.10. The molecule has 0 aliphatic carbocycles. The number of hydrogen-bond donors (Lipinski definition) is 1. The van der Waals surface area contributed by atoms with E-state index in [2.05, 4.69) is 15.9 Å². The molecule has 1 N–H and O–H groups in total. The van der Waals surface area contributed by atoms with E-state index in [1.807, 2.05) is 13.8 Å². The smallest absolute Gasteiger partial charge is 0.243 e. The van der Waals surface area contributed by atoms with E-state index in [0.29, 0.717) is 5.33 Å². The van der Waals surface area contributed by atoms with Gasteiger partial charge in [0.05, 0.1) is 23.2 Å². The van der Waals surface area contributed by atoms with Gasteiger partial charge in [0.15, 0.2) is 0 Å². The molecule has 0 aromatic heterocycles. The molecule has 0 amide bonds. The van der Waals surface area contributed by atoms with Gasteiger partial charge < -0.3 is 9.84 Å². The second-order valence-electron chi connectivity index (χ2n) is 5.76. The Labute approximate surface area is 134 Å². The van der Waals surface area contributed by atoms with Crippen molar-refractivity contribution in [3.8, 4) is 0 Å². The maximum absolute atomic E-state index is 12.7. The molecule has 1 aliphatic heterocycles. The monoisotopic (exact) mass is 377 g/mol. The lowest BCUT2D eigenvalue weighted by Gasteiger charge is -2.41. The molecule has 0 spiro atoms. The summed E-state index contributed by atoms with van der Waals surface area (Å²) in [6.45, 7) is 3.89. The highest BCUT2D eigenvalue weighted by Gasteiger charge is 2.39. The first-order valence-corrected chi connectivity index (χ1v) is 9.28. The number of rotatable bonds is 4. The minimum Gasteiger partial charge on any atom is -0.394 e. The average molecular weight is 378 g/mol. The number of aliphatic hydroxyl groups is 1. The van der Waals surface area contributed by atoms with Crippen LogP contribution in [-0.4, -0.2) is 49.2 Å². The number of halogens is 1. The van der Waals surface area contributed by atoms with Crippen molar-refractivity contribution in [2.45, 2.75) is 35.8 Å². The van der Waals surface area contributed by atoms with Crippen LogP contribution in [0, 0.1) is 0 Å². The fourth-order valence-electron chi connectivity index (χ4n) is 2.42. The molecular formula is C14H20BrNO4S. The van der Waals surface area contributed by atoms with E-state index in [0.717, 1.165) is 5.56 Å². The molecular weight excluding hydrogens is 358 g/mol. The molecule has 1 saturated heterocycles. The maximum Gasteiger partial charge on any atom is 0.243 e. The van der Waals surface area contributed by atoms with Crippen molar-refractivity contribution in [3.05, 3.63) is 29.8 Å². The van der Waals surface area contributed by atoms with Crippen molar-refractivity contribution in [1.82, 2.24) is 4.31 Å². The highest BCUT2D eigenvalue weighted by Crippen LogP contribution is 2.26. The standard InChI is InChI=1S/C14H20BrNO4S/c1-14(2)10-16(8-12(9-17)20-14)21(18,19)13-5-3-11(7-15)4-6-13/h3-6,12,17H,7-10H2,1-2H3. The van der Waals surface area contributed by atoms with Gasteiger partial charge in [-0.2, -0.15) is 4.31 Å². The molecule has 0 radical (unpaired) electrons. The van der Waals surface area contributed by atoms with Crippen molar-refractivity contribution in [2.24, 2.45) is 0 Å². The summed E-state index contributed by atoms with van der Waals surface area (Å²) in [6, 6.07) is 6.80. The van der Waals surface area contributed by atoms with Crippen LogP contribution in [-0.2, 0) is 20.1 Å². The van der Waals surface area contributed by atoms with E-state index in [4.69, 9.17) is 4.74 Å². The molecule has 1 unspecified atom stereocenters. The van der Waals surface area contributed by atoms with Crippen LogP contribution < -0.4 is 0 Å². The van der Waals surface area contributed by atoms with Gasteiger partial charge in [-0.05, 0) is 31.5 Å². The molecule has 118 valence electrons. The van der Waals surface area contributed by atoms with Crippen molar-refractivity contribution in [2.75, 3.05) is 19.7 Å². The van der Waals surface area contributed by atoms with Gasteiger partial charge >= 0.3 is 0 Å². The van der Waals surface area contributed by atoms with Crippen LogP contribution in [0.25, 0.3) is 0 Å². The van der Waals surface area contributed by atoms with Gasteiger partial charge in [0.25, 0.3) is 0 Å². The van der Waals surface area contributed by atoms with Crippen molar-refractivity contribution < 1.29 is 18.3 Å². The Morgan fingerprint density at radius 3 is 2.52 bits per heavy atom. The first-order chi connectivity index (χ1) is 9.78. The number of sulfonamides is 1. The van der Waals surface area contributed by atoms with Crippen LogP contribution in [0.15, 0.2) is 29.2 Å². The third-order valence-corrected chi connectivity index (χ3v) is 5.84. The van der Waals surface area contributed by atoms with Gasteiger partial charge in [0.2, 0.25) is 10.0 Å². The van der Waals surface area contributed by atoms with Crippen LogP contribution in [0.3, 0.4) is 0 Å². The van der Waals surface area contributed by atoms with E-state index in [1.54, 1.807) is 24.3 Å². The molecule has 7 heteroatoms. The predicted octanol–water partition coefficient (Wildman–Crippen LogP) is 1.74. The Hall–Kier alpha value is -0.470. The predicted molar refractivity (Wildman–Crippen MR) is 83.9 cm³/mol. The lowest BCUT2D eigenvalue weighted by molar-refractivity contribution is -0.131. The first kappa shape index (κ1) is 16.9. The van der Waals surface area contributed by atoms with Gasteiger partial charge in [0, 0.05) is 18.4 Å². The summed E-state index contributed by atoms with van der Waals surface area (Å²) >= 11 is 3.34. The molecule has 2 rings (SSSR count). The minimum atomic E-state index is -3.57. The highest BCUT2D eigenvalue weighted by molar-refractivity contribution is 9.08. The number of hydrogen-bond acceptors (Lipinski definition) is 4. The largest absolute Gasteiger partial charge is 0.394 e. The molecule has 1 aromatic carbocycles. The lowest BCUT2D eigenvalue weighted by Crippen LogP contribution is -2.55. The summed E-state index contributed by atoms with van der Waals surface area (Å²) in [5.74, 6) is 0. The van der Waals surface area contributed by atoms with Crippen LogP contribution in [0.4, 0.5) is 0 Å². The molecule has 1 fully saturated rings. The first-order valence-electron chi connectivity index (χ1n) is 6.72. The fourth-order valence-corrected chi connectivity index (χ4v) is 4.42. The highest BCUT2D eigenvalue weighted by atomic mass is 79.9. The molecule has 0 saturated carbocycles. The molecule has 1 atom stereocenters. The second kappa shape index (κ2) is 6.34. The Morgan fingerprint density at radius 1 is 1.38 bits per heavy atom. The van der Waals surface area contributed by atoms with Gasteiger partial charge in [0.1, 0.15) is 0 Å². The summed E-state index contributed by atoms with van der Waals surface area (Å²) in [5, 5.41) is 9.98. The number of ether oxygens (including phenoxy) is 1. The topological polar surface area (TPSA) is 66.8 Å². The average Bonchev–Trinajstić information content (AvgIpc) is 2.45. The van der Waals surface area contributed by atoms with E-state index in [1.165, 1.54) is 4.31 Å². The number of nitrogens with zero attached hydrogens (tertiary/aromatic N) is 1. The summed E-state index contributed by atoms with van der Waals surface area (Å²) in [4.78, 5) is 0.265. The molecule has 1 aliphatic rings. The number of aliphatic hydroxyl groups excluding tert-OH is 1. The van der Waals surface area contributed by atoms with Crippen LogP contribution in [0.2, 0.25) is 0 Å². The third-order valence-electron chi connectivity index (χ3n) is 3.37. The summed E-state index contributed by atoms with van der Waals surface area (Å²) in [5.41, 5.74) is 0.401. The minimum absolute atomic E-state index is 0.169. The van der Waals surface area contributed by atoms with Gasteiger partial charge in [-0.1, -0.05) is 28.1 Å². The van der Waals surface area contributed by atoms with E-state index in [9.17, 15) is 13.5 Å². The summed E-state index contributed by atoms with van der Waals surface area (Å²) in [6.07, 6.45) is -0.495. The van der Waals surface area contributed by atoms with Gasteiger partial charge in [-0.25, -0.2) is 8.42 Å². The molecule has 1 aromatic rings. The molecule has 5 nitrogen and oxygen atoms in total. The quantitative estimate of drug-likeness (QED) is 0.811. The van der Waals surface area contributed by atoms with Crippen molar-refractivity contribution in [3.63, 3.8) is 0 Å². The fraction of sp³-hybridized carbons (Fsp3) is 0.571. The molecule has 0 bridgehead atoms. The lowest BCUT2D eigenvalue weighted by atomic mass is 10.1. The van der Waals surface area contributed by atoms with Gasteiger partial charge in [-0.3, -0.25) is 0 Å². The van der Waals surface area contributed by atoms with E-state index >= 15 is 0 Å². The van der Waals surface area contributed by atoms with E-state index in [-0.39, 0.29) is 24.6 Å². The second-order valence-corrected chi connectivity index (χ2v) is 8.26. The van der Waals surface area contributed by atoms with Crippen LogP contribution in [0.5, 0.6) is 0 Å². The number of alkyl halides is 1. The Bertz CT molecular complexity index is 585. The number of morpholine rings is 1. The third kappa shape index (κ3) is 3.84. The zero-order valence-electron chi connectivity index (χ0n) is 12.1. The molecule has 21 heavy (non-hydrogen) atoms. The zero-order chi connectivity index (χ0) is 15.7. The van der Waals surface area contributed by atoms with Crippen molar-refractivity contribution in [1.29, 1.82) is 0 Å². The maximum atomic E-state index is 12.7. The van der Waals surface area contributed by atoms with Gasteiger partial charge in [-0.15, -0.1) is 0 Å². The van der Waals surface area contributed by atoms with Crippen LogP contribution in [0.1, 0.15) is 19.4 Å². The Morgan fingerprint density at radius 2 is 2.00 bits per heavy atom. The van der Waals surface area contributed by atoms with Crippen molar-refractivity contribution >= 4 is 26.0 Å². The SMILES string of the molecule is CC1(C)CN(S(=O)(=O)c2ccc(CBr)cc2)CC(CO)O1. The van der Waals surface area contributed by atoms with E-state index < -0.39 is 21.7 Å². The summed E-state index contributed by atoms with van der Waals surface area (Å²) in [7, 11) is -3.57. The summed E-state index contributed by atoms with van der Waals surface area (Å²) < 4.78 is 32.5. The van der Waals surface area contributed by atoms with Crippen LogP contribution >= 0.6 is 15.9 Å². The number of benzene rings is 1.